The Bertz CT molecular complexity index is 735. The standard InChI is InChI=1S/C13H18N4O2S/c1-4-17-8-13(15-10(17)3)20(18,19)16-12-7-9(2)5-6-11(12)14/h5-8,16H,4,14H2,1-3H3. The third-order valence-electron chi connectivity index (χ3n) is 3.02. The summed E-state index contributed by atoms with van der Waals surface area (Å²) in [5, 5.41) is -0.00208. The minimum Gasteiger partial charge on any atom is -0.397 e. The molecule has 0 amide bonds. The lowest BCUT2D eigenvalue weighted by Gasteiger charge is -2.09. The summed E-state index contributed by atoms with van der Waals surface area (Å²) >= 11 is 0. The Kier molecular flexibility index (Phi) is 3.71. The summed E-state index contributed by atoms with van der Waals surface area (Å²) in [6, 6.07) is 5.18. The summed E-state index contributed by atoms with van der Waals surface area (Å²) in [4.78, 5) is 4.07. The second kappa shape index (κ2) is 5.16. The molecular formula is C13H18N4O2S. The largest absolute Gasteiger partial charge is 0.397 e. The fourth-order valence-electron chi connectivity index (χ4n) is 1.88. The molecule has 0 unspecified atom stereocenters. The lowest BCUT2D eigenvalue weighted by Crippen LogP contribution is -2.14. The second-order valence-corrected chi connectivity index (χ2v) is 6.24. The van der Waals surface area contributed by atoms with Gasteiger partial charge in [-0.25, -0.2) is 4.98 Å². The number of aromatic nitrogens is 2. The van der Waals surface area contributed by atoms with Crippen LogP contribution < -0.4 is 10.5 Å². The van der Waals surface area contributed by atoms with Crippen molar-refractivity contribution in [3.8, 4) is 0 Å². The highest BCUT2D eigenvalue weighted by atomic mass is 32.2. The molecule has 0 aliphatic rings. The molecule has 1 aromatic heterocycles. The molecule has 1 aromatic carbocycles. The predicted octanol–water partition coefficient (Wildman–Crippen LogP) is 1.90. The molecular weight excluding hydrogens is 276 g/mol. The molecule has 0 bridgehead atoms. The molecule has 6 nitrogen and oxygen atoms in total. The van der Waals surface area contributed by atoms with Crippen LogP contribution in [-0.2, 0) is 16.6 Å². The number of imidazole rings is 1. The van der Waals surface area contributed by atoms with Crippen LogP contribution in [0.3, 0.4) is 0 Å². The predicted molar refractivity (Wildman–Crippen MR) is 79.0 cm³/mol. The van der Waals surface area contributed by atoms with Gasteiger partial charge < -0.3 is 10.3 Å². The zero-order valence-electron chi connectivity index (χ0n) is 11.7. The van der Waals surface area contributed by atoms with Gasteiger partial charge in [-0.3, -0.25) is 4.72 Å². The van der Waals surface area contributed by atoms with E-state index in [4.69, 9.17) is 5.73 Å². The zero-order valence-corrected chi connectivity index (χ0v) is 12.5. The molecule has 0 aliphatic carbocycles. The Morgan fingerprint density at radius 1 is 1.35 bits per heavy atom. The zero-order chi connectivity index (χ0) is 14.9. The first kappa shape index (κ1) is 14.4. The number of anilines is 2. The monoisotopic (exact) mass is 294 g/mol. The summed E-state index contributed by atoms with van der Waals surface area (Å²) in [6.07, 6.45) is 1.52. The maximum absolute atomic E-state index is 12.3. The number of nitrogen functional groups attached to an aromatic ring is 1. The summed E-state index contributed by atoms with van der Waals surface area (Å²) in [7, 11) is -3.73. The summed E-state index contributed by atoms with van der Waals surface area (Å²) in [5.74, 6) is 0.657. The first-order chi connectivity index (χ1) is 9.33. The molecule has 0 saturated carbocycles. The van der Waals surface area contributed by atoms with Gasteiger partial charge in [-0.05, 0) is 38.5 Å². The number of rotatable bonds is 4. The van der Waals surface area contributed by atoms with Crippen molar-refractivity contribution in [1.82, 2.24) is 9.55 Å². The lowest BCUT2D eigenvalue weighted by molar-refractivity contribution is 0.598. The van der Waals surface area contributed by atoms with Crippen LogP contribution in [0.1, 0.15) is 18.3 Å². The van der Waals surface area contributed by atoms with E-state index in [9.17, 15) is 8.42 Å². The van der Waals surface area contributed by atoms with Gasteiger partial charge in [0.2, 0.25) is 0 Å². The molecule has 2 aromatic rings. The third-order valence-corrected chi connectivity index (χ3v) is 4.26. The molecule has 0 fully saturated rings. The molecule has 0 radical (unpaired) electrons. The fraction of sp³-hybridized carbons (Fsp3) is 0.308. The Morgan fingerprint density at radius 3 is 2.65 bits per heavy atom. The minimum atomic E-state index is -3.73. The van der Waals surface area contributed by atoms with Crippen molar-refractivity contribution in [3.05, 3.63) is 35.8 Å². The molecule has 0 saturated heterocycles. The third kappa shape index (κ3) is 2.77. The number of nitrogens with two attached hydrogens (primary N) is 1. The van der Waals surface area contributed by atoms with Crippen LogP contribution in [0.4, 0.5) is 11.4 Å². The van der Waals surface area contributed by atoms with Gasteiger partial charge in [-0.1, -0.05) is 6.07 Å². The Hall–Kier alpha value is -2.02. The molecule has 0 spiro atoms. The quantitative estimate of drug-likeness (QED) is 0.843. The smallest absolute Gasteiger partial charge is 0.281 e. The van der Waals surface area contributed by atoms with Crippen LogP contribution in [0.15, 0.2) is 29.4 Å². The van der Waals surface area contributed by atoms with E-state index in [2.05, 4.69) is 9.71 Å². The topological polar surface area (TPSA) is 90.0 Å². The van der Waals surface area contributed by atoms with Crippen LogP contribution in [0.2, 0.25) is 0 Å². The number of nitrogens with one attached hydrogen (secondary N) is 1. The number of sulfonamides is 1. The maximum atomic E-state index is 12.3. The number of benzene rings is 1. The summed E-state index contributed by atoms with van der Waals surface area (Å²) in [6.45, 7) is 6.23. The van der Waals surface area contributed by atoms with Gasteiger partial charge >= 0.3 is 0 Å². The molecule has 1 heterocycles. The highest BCUT2D eigenvalue weighted by molar-refractivity contribution is 7.92. The van der Waals surface area contributed by atoms with Crippen LogP contribution in [0, 0.1) is 13.8 Å². The lowest BCUT2D eigenvalue weighted by atomic mass is 10.2. The number of aryl methyl sites for hydroxylation is 3. The van der Waals surface area contributed by atoms with Crippen LogP contribution in [0.25, 0.3) is 0 Å². The first-order valence-electron chi connectivity index (χ1n) is 6.26. The van der Waals surface area contributed by atoms with Crippen molar-refractivity contribution >= 4 is 21.4 Å². The highest BCUT2D eigenvalue weighted by Gasteiger charge is 2.20. The first-order valence-corrected chi connectivity index (χ1v) is 7.74. The van der Waals surface area contributed by atoms with Crippen molar-refractivity contribution in [2.75, 3.05) is 10.5 Å². The van der Waals surface area contributed by atoms with Gasteiger partial charge in [0.05, 0.1) is 11.4 Å². The maximum Gasteiger partial charge on any atom is 0.281 e. The Morgan fingerprint density at radius 2 is 2.05 bits per heavy atom. The van der Waals surface area contributed by atoms with Crippen LogP contribution in [0.5, 0.6) is 0 Å². The van der Waals surface area contributed by atoms with Crippen molar-refractivity contribution in [2.24, 2.45) is 0 Å². The average Bonchev–Trinajstić information content (AvgIpc) is 2.76. The van der Waals surface area contributed by atoms with Gasteiger partial charge in [0, 0.05) is 12.7 Å². The van der Waals surface area contributed by atoms with Crippen molar-refractivity contribution in [3.63, 3.8) is 0 Å². The van der Waals surface area contributed by atoms with E-state index in [0.29, 0.717) is 23.7 Å². The number of hydrogen-bond acceptors (Lipinski definition) is 4. The van der Waals surface area contributed by atoms with Crippen molar-refractivity contribution in [1.29, 1.82) is 0 Å². The minimum absolute atomic E-state index is 0.00208. The normalized spacial score (nSPS) is 11.6. The number of nitrogens with zero attached hydrogens (tertiary/aromatic N) is 2. The SMILES string of the molecule is CCn1cc(S(=O)(=O)Nc2cc(C)ccc2N)nc1C. The van der Waals surface area contributed by atoms with E-state index >= 15 is 0 Å². The van der Waals surface area contributed by atoms with Gasteiger partial charge in [0.15, 0.2) is 5.03 Å². The molecule has 7 heteroatoms. The van der Waals surface area contributed by atoms with Crippen LogP contribution >= 0.6 is 0 Å². The Labute approximate surface area is 118 Å². The van der Waals surface area contributed by atoms with Gasteiger partial charge in [0.25, 0.3) is 10.0 Å². The van der Waals surface area contributed by atoms with E-state index in [-0.39, 0.29) is 5.03 Å². The average molecular weight is 294 g/mol. The van der Waals surface area contributed by atoms with E-state index in [1.54, 1.807) is 23.6 Å². The molecule has 3 N–H and O–H groups in total. The fourth-order valence-corrected chi connectivity index (χ4v) is 2.97. The summed E-state index contributed by atoms with van der Waals surface area (Å²) < 4.78 is 28.9. The van der Waals surface area contributed by atoms with E-state index in [0.717, 1.165) is 5.56 Å². The Balaban J connectivity index is 2.37. The van der Waals surface area contributed by atoms with E-state index in [1.165, 1.54) is 6.20 Å². The molecule has 2 rings (SSSR count). The number of hydrogen-bond donors (Lipinski definition) is 2. The highest BCUT2D eigenvalue weighted by Crippen LogP contribution is 2.23. The summed E-state index contributed by atoms with van der Waals surface area (Å²) in [5.41, 5.74) is 7.46. The molecule has 20 heavy (non-hydrogen) atoms. The van der Waals surface area contributed by atoms with Crippen LogP contribution in [-0.4, -0.2) is 18.0 Å². The molecule has 0 aliphatic heterocycles. The van der Waals surface area contributed by atoms with Crippen molar-refractivity contribution < 1.29 is 8.42 Å². The molecule has 108 valence electrons. The second-order valence-electron chi connectivity index (χ2n) is 4.61. The van der Waals surface area contributed by atoms with Crippen molar-refractivity contribution in [2.45, 2.75) is 32.3 Å². The van der Waals surface area contributed by atoms with Gasteiger partial charge in [-0.2, -0.15) is 8.42 Å². The van der Waals surface area contributed by atoms with E-state index in [1.807, 2.05) is 19.9 Å². The van der Waals surface area contributed by atoms with Gasteiger partial charge in [-0.15, -0.1) is 0 Å². The van der Waals surface area contributed by atoms with E-state index < -0.39 is 10.0 Å². The van der Waals surface area contributed by atoms with Gasteiger partial charge in [0.1, 0.15) is 5.82 Å². The molecule has 0 atom stereocenters.